The SMILES string of the molecule is C=C(C)C1CCC23C=C(C)C(CCC2C1(C)CCC(=O)O)C3. The van der Waals surface area contributed by atoms with Crippen molar-refractivity contribution in [1.29, 1.82) is 0 Å². The van der Waals surface area contributed by atoms with Crippen LogP contribution in [0.2, 0.25) is 0 Å². The summed E-state index contributed by atoms with van der Waals surface area (Å²) in [6.45, 7) is 11.1. The molecule has 22 heavy (non-hydrogen) atoms. The smallest absolute Gasteiger partial charge is 0.303 e. The number of aliphatic carboxylic acids is 1. The fourth-order valence-electron chi connectivity index (χ4n) is 6.33. The lowest BCUT2D eigenvalue weighted by Gasteiger charge is -2.58. The highest BCUT2D eigenvalue weighted by molar-refractivity contribution is 5.66. The largest absolute Gasteiger partial charge is 0.481 e. The van der Waals surface area contributed by atoms with Crippen molar-refractivity contribution in [3.8, 4) is 0 Å². The molecule has 0 aromatic carbocycles. The number of carboxylic acids is 1. The molecule has 5 atom stereocenters. The number of hydrogen-bond donors (Lipinski definition) is 1. The van der Waals surface area contributed by atoms with Gasteiger partial charge in [0.1, 0.15) is 0 Å². The lowest BCUT2D eigenvalue weighted by atomic mass is 9.46. The minimum absolute atomic E-state index is 0.0918. The van der Waals surface area contributed by atoms with Gasteiger partial charge in [0.05, 0.1) is 0 Å². The van der Waals surface area contributed by atoms with Crippen molar-refractivity contribution in [2.75, 3.05) is 0 Å². The zero-order chi connectivity index (χ0) is 16.1. The molecule has 3 aliphatic carbocycles. The zero-order valence-electron chi connectivity index (χ0n) is 14.3. The van der Waals surface area contributed by atoms with Crippen molar-refractivity contribution in [1.82, 2.24) is 0 Å². The Morgan fingerprint density at radius 1 is 1.41 bits per heavy atom. The molecule has 1 spiro atoms. The van der Waals surface area contributed by atoms with Crippen molar-refractivity contribution in [2.45, 2.75) is 65.7 Å². The molecule has 1 N–H and O–H groups in total. The molecule has 2 bridgehead atoms. The van der Waals surface area contributed by atoms with E-state index in [1.807, 2.05) is 0 Å². The van der Waals surface area contributed by atoms with Crippen molar-refractivity contribution < 1.29 is 9.90 Å². The van der Waals surface area contributed by atoms with Crippen LogP contribution >= 0.6 is 0 Å². The molecule has 5 unspecified atom stereocenters. The molecule has 2 fully saturated rings. The van der Waals surface area contributed by atoms with Crippen molar-refractivity contribution >= 4 is 5.97 Å². The van der Waals surface area contributed by atoms with Crippen molar-refractivity contribution in [2.24, 2.45) is 28.6 Å². The number of rotatable bonds is 4. The van der Waals surface area contributed by atoms with Crippen LogP contribution in [0.3, 0.4) is 0 Å². The predicted molar refractivity (Wildman–Crippen MR) is 89.5 cm³/mol. The quantitative estimate of drug-likeness (QED) is 0.724. The second-order valence-corrected chi connectivity index (χ2v) is 8.49. The standard InChI is InChI=1S/C20H30O2/c1-13(2)16-7-10-20-11-14(3)15(12-20)5-6-17(20)19(16,4)9-8-18(21)22/h11,15-17H,1,5-10,12H2,2-4H3,(H,21,22). The second kappa shape index (κ2) is 5.25. The van der Waals surface area contributed by atoms with Gasteiger partial charge in [0, 0.05) is 6.42 Å². The maximum Gasteiger partial charge on any atom is 0.303 e. The summed E-state index contributed by atoms with van der Waals surface area (Å²) in [5.74, 6) is 1.24. The van der Waals surface area contributed by atoms with E-state index in [-0.39, 0.29) is 5.41 Å². The van der Waals surface area contributed by atoms with Crippen LogP contribution < -0.4 is 0 Å². The van der Waals surface area contributed by atoms with E-state index in [0.29, 0.717) is 23.7 Å². The molecule has 2 saturated carbocycles. The predicted octanol–water partition coefficient (Wildman–Crippen LogP) is 5.21. The van der Waals surface area contributed by atoms with Crippen LogP contribution in [0.4, 0.5) is 0 Å². The second-order valence-electron chi connectivity index (χ2n) is 8.49. The van der Waals surface area contributed by atoms with Gasteiger partial charge in [0.25, 0.3) is 0 Å². The van der Waals surface area contributed by atoms with E-state index in [1.165, 1.54) is 37.7 Å². The minimum atomic E-state index is -0.659. The normalized spacial score (nSPS) is 43.4. The molecule has 2 nitrogen and oxygen atoms in total. The number of fused-ring (bicyclic) bond motifs is 1. The van der Waals surface area contributed by atoms with Gasteiger partial charge < -0.3 is 5.11 Å². The Bertz CT molecular complexity index is 532. The third-order valence-electron chi connectivity index (χ3n) is 7.25. The summed E-state index contributed by atoms with van der Waals surface area (Å²) in [4.78, 5) is 11.2. The first kappa shape index (κ1) is 15.8. The molecule has 0 amide bonds. The molecule has 3 aliphatic rings. The number of carbonyl (C=O) groups is 1. The highest BCUT2D eigenvalue weighted by atomic mass is 16.4. The molecule has 122 valence electrons. The van der Waals surface area contributed by atoms with E-state index in [9.17, 15) is 9.90 Å². The molecule has 0 heterocycles. The lowest BCUT2D eigenvalue weighted by Crippen LogP contribution is -2.50. The van der Waals surface area contributed by atoms with E-state index < -0.39 is 5.97 Å². The van der Waals surface area contributed by atoms with Gasteiger partial charge in [-0.05, 0) is 81.0 Å². The highest BCUT2D eigenvalue weighted by Crippen LogP contribution is 2.67. The summed E-state index contributed by atoms with van der Waals surface area (Å²) in [5, 5.41) is 9.22. The van der Waals surface area contributed by atoms with Crippen LogP contribution in [-0.4, -0.2) is 11.1 Å². The first-order valence-corrected chi connectivity index (χ1v) is 8.85. The summed E-state index contributed by atoms with van der Waals surface area (Å²) in [7, 11) is 0. The van der Waals surface area contributed by atoms with E-state index in [2.05, 4.69) is 33.4 Å². The van der Waals surface area contributed by atoms with Gasteiger partial charge in [-0.1, -0.05) is 30.7 Å². The summed E-state index contributed by atoms with van der Waals surface area (Å²) < 4.78 is 0. The van der Waals surface area contributed by atoms with Crippen LogP contribution in [0, 0.1) is 28.6 Å². The first-order chi connectivity index (χ1) is 10.3. The average Bonchev–Trinajstić information content (AvgIpc) is 2.66. The molecule has 0 saturated heterocycles. The van der Waals surface area contributed by atoms with Gasteiger partial charge in [0.2, 0.25) is 0 Å². The summed E-state index contributed by atoms with van der Waals surface area (Å²) in [6.07, 6.45) is 9.99. The molecular weight excluding hydrogens is 272 g/mol. The Morgan fingerprint density at radius 2 is 2.14 bits per heavy atom. The molecular formula is C20H30O2. The molecule has 0 aromatic heterocycles. The van der Waals surface area contributed by atoms with Crippen molar-refractivity contribution in [3.05, 3.63) is 23.8 Å². The maximum atomic E-state index is 11.2. The summed E-state index contributed by atoms with van der Waals surface area (Å²) >= 11 is 0. The van der Waals surface area contributed by atoms with Crippen LogP contribution in [0.15, 0.2) is 23.8 Å². The molecule has 0 aliphatic heterocycles. The Kier molecular flexibility index (Phi) is 3.78. The van der Waals surface area contributed by atoms with Crippen LogP contribution in [-0.2, 0) is 4.79 Å². The van der Waals surface area contributed by atoms with E-state index in [1.54, 1.807) is 5.57 Å². The van der Waals surface area contributed by atoms with E-state index in [4.69, 9.17) is 0 Å². The van der Waals surface area contributed by atoms with Gasteiger partial charge in [-0.3, -0.25) is 4.79 Å². The molecule has 2 heteroatoms. The average molecular weight is 302 g/mol. The van der Waals surface area contributed by atoms with Crippen LogP contribution in [0.5, 0.6) is 0 Å². The Morgan fingerprint density at radius 3 is 2.77 bits per heavy atom. The molecule has 3 rings (SSSR count). The van der Waals surface area contributed by atoms with Crippen LogP contribution in [0.25, 0.3) is 0 Å². The number of hydrogen-bond acceptors (Lipinski definition) is 1. The Balaban J connectivity index is 1.97. The maximum absolute atomic E-state index is 11.2. The monoisotopic (exact) mass is 302 g/mol. The number of carboxylic acid groups (broad SMARTS) is 1. The lowest BCUT2D eigenvalue weighted by molar-refractivity contribution is -0.139. The zero-order valence-corrected chi connectivity index (χ0v) is 14.3. The Labute approximate surface area is 134 Å². The molecule has 0 aromatic rings. The summed E-state index contributed by atoms with van der Waals surface area (Å²) in [5.41, 5.74) is 3.29. The Hall–Kier alpha value is -1.05. The van der Waals surface area contributed by atoms with Gasteiger partial charge in [-0.2, -0.15) is 0 Å². The van der Waals surface area contributed by atoms with Gasteiger partial charge in [-0.15, -0.1) is 0 Å². The van der Waals surface area contributed by atoms with Crippen LogP contribution in [0.1, 0.15) is 65.7 Å². The van der Waals surface area contributed by atoms with Gasteiger partial charge in [0.15, 0.2) is 0 Å². The minimum Gasteiger partial charge on any atom is -0.481 e. The van der Waals surface area contributed by atoms with E-state index in [0.717, 1.165) is 12.3 Å². The van der Waals surface area contributed by atoms with Gasteiger partial charge in [-0.25, -0.2) is 0 Å². The summed E-state index contributed by atoms with van der Waals surface area (Å²) in [6, 6.07) is 0. The van der Waals surface area contributed by atoms with E-state index >= 15 is 0 Å². The van der Waals surface area contributed by atoms with Gasteiger partial charge >= 0.3 is 5.97 Å². The molecule has 0 radical (unpaired) electrons. The van der Waals surface area contributed by atoms with Crippen molar-refractivity contribution in [3.63, 3.8) is 0 Å². The fraction of sp³-hybridized carbons (Fsp3) is 0.750. The topological polar surface area (TPSA) is 37.3 Å². The fourth-order valence-corrected chi connectivity index (χ4v) is 6.33. The third-order valence-corrected chi connectivity index (χ3v) is 7.25. The highest BCUT2D eigenvalue weighted by Gasteiger charge is 2.58. The number of allylic oxidation sites excluding steroid dienone is 3. The third kappa shape index (κ3) is 2.26. The first-order valence-electron chi connectivity index (χ1n) is 8.85.